The van der Waals surface area contributed by atoms with Gasteiger partial charge in [0.2, 0.25) is 0 Å². The average Bonchev–Trinajstić information content (AvgIpc) is 3.15. The zero-order valence-electron chi connectivity index (χ0n) is 13.8. The van der Waals surface area contributed by atoms with Crippen LogP contribution in [0.25, 0.3) is 10.9 Å². The molecule has 0 saturated carbocycles. The summed E-state index contributed by atoms with van der Waals surface area (Å²) in [5.74, 6) is 0.895. The lowest BCUT2D eigenvalue weighted by atomic mass is 10.1. The second-order valence-electron chi connectivity index (χ2n) is 6.65. The van der Waals surface area contributed by atoms with Crippen molar-refractivity contribution in [3.05, 3.63) is 53.3 Å². The molecular formula is C19H15N3O3S. The molecule has 0 spiro atoms. The first-order valence-electron chi connectivity index (χ1n) is 8.45. The Morgan fingerprint density at radius 3 is 2.77 bits per heavy atom. The largest absolute Gasteiger partial charge is 0.340 e. The molecule has 0 saturated heterocycles. The summed E-state index contributed by atoms with van der Waals surface area (Å²) >= 11 is 0. The number of nitrogens with one attached hydrogen (secondary N) is 1. The van der Waals surface area contributed by atoms with Crippen molar-refractivity contribution in [3.63, 3.8) is 0 Å². The number of Topliss-reactive ketones (excluding diaryl/α,β-unsaturated/α-hetero) is 1. The average molecular weight is 365 g/mol. The Balaban J connectivity index is 1.64. The van der Waals surface area contributed by atoms with E-state index in [0.717, 1.165) is 39.7 Å². The van der Waals surface area contributed by atoms with Crippen LogP contribution in [0, 0.1) is 0 Å². The summed E-state index contributed by atoms with van der Waals surface area (Å²) in [5, 5.41) is 4.04. The number of aromatic nitrogens is 2. The molecule has 7 heteroatoms. The summed E-state index contributed by atoms with van der Waals surface area (Å²) in [5.41, 5.74) is 4.15. The smallest absolute Gasteiger partial charge is 0.179 e. The third-order valence-corrected chi connectivity index (χ3v) is 6.91. The van der Waals surface area contributed by atoms with Crippen LogP contribution in [0.3, 0.4) is 0 Å². The predicted molar refractivity (Wildman–Crippen MR) is 97.7 cm³/mol. The Morgan fingerprint density at radius 1 is 1.00 bits per heavy atom. The van der Waals surface area contributed by atoms with Gasteiger partial charge in [-0.05, 0) is 54.3 Å². The molecule has 0 radical (unpaired) electrons. The molecule has 2 heterocycles. The highest BCUT2D eigenvalue weighted by molar-refractivity contribution is 7.91. The van der Waals surface area contributed by atoms with Crippen molar-refractivity contribution in [3.8, 4) is 0 Å². The van der Waals surface area contributed by atoms with Crippen molar-refractivity contribution in [1.29, 1.82) is 0 Å². The van der Waals surface area contributed by atoms with Crippen molar-refractivity contribution in [2.24, 2.45) is 0 Å². The van der Waals surface area contributed by atoms with Crippen LogP contribution in [0.1, 0.15) is 27.9 Å². The number of anilines is 2. The summed E-state index contributed by atoms with van der Waals surface area (Å²) in [7, 11) is -3.22. The molecular weight excluding hydrogens is 350 g/mol. The molecule has 3 aromatic rings. The number of carbonyl (C=O) groups excluding carboxylic acids is 1. The third-order valence-electron chi connectivity index (χ3n) is 5.11. The molecule has 0 bridgehead atoms. The van der Waals surface area contributed by atoms with Gasteiger partial charge in [0.05, 0.1) is 16.2 Å². The number of carbonyl (C=O) groups is 1. The van der Waals surface area contributed by atoms with E-state index >= 15 is 0 Å². The highest BCUT2D eigenvalue weighted by Gasteiger charge is 2.29. The summed E-state index contributed by atoms with van der Waals surface area (Å²) in [6, 6.07) is 9.03. The van der Waals surface area contributed by atoms with E-state index in [2.05, 4.69) is 15.3 Å². The van der Waals surface area contributed by atoms with Crippen molar-refractivity contribution in [2.75, 3.05) is 11.1 Å². The number of hydrogen-bond donors (Lipinski definition) is 1. The van der Waals surface area contributed by atoms with Gasteiger partial charge in [0, 0.05) is 23.1 Å². The van der Waals surface area contributed by atoms with Crippen molar-refractivity contribution < 1.29 is 13.2 Å². The number of ketones is 1. The third kappa shape index (κ3) is 2.24. The molecule has 0 fully saturated rings. The standard InChI is InChI=1S/C19H15N3O3S/c23-16-5-1-11-9-12(2-3-13(11)16)22-19-18-14-7-8-26(24,25)17(14)6-4-15(18)20-10-21-19/h2-4,6,9-10H,1,5,7-8H2,(H,20,21,22). The normalized spacial score (nSPS) is 17.3. The minimum atomic E-state index is -3.22. The molecule has 2 aliphatic rings. The number of sulfone groups is 1. The number of nitrogens with zero attached hydrogens (tertiary/aromatic N) is 2. The van der Waals surface area contributed by atoms with E-state index in [1.165, 1.54) is 6.33 Å². The second-order valence-corrected chi connectivity index (χ2v) is 8.73. The van der Waals surface area contributed by atoms with E-state index < -0.39 is 9.84 Å². The zero-order chi connectivity index (χ0) is 17.9. The van der Waals surface area contributed by atoms with Gasteiger partial charge in [-0.1, -0.05) is 0 Å². The maximum absolute atomic E-state index is 12.2. The summed E-state index contributed by atoms with van der Waals surface area (Å²) in [6.45, 7) is 0. The fraction of sp³-hybridized carbons (Fsp3) is 0.211. The summed E-state index contributed by atoms with van der Waals surface area (Å²) in [6.07, 6.45) is 3.25. The maximum Gasteiger partial charge on any atom is 0.179 e. The van der Waals surface area contributed by atoms with Gasteiger partial charge < -0.3 is 5.32 Å². The molecule has 26 heavy (non-hydrogen) atoms. The first-order valence-corrected chi connectivity index (χ1v) is 10.1. The molecule has 1 aromatic heterocycles. The lowest BCUT2D eigenvalue weighted by Crippen LogP contribution is -2.00. The van der Waals surface area contributed by atoms with Crippen LogP contribution in [-0.2, 0) is 22.7 Å². The Morgan fingerprint density at radius 2 is 1.88 bits per heavy atom. The molecule has 1 aliphatic heterocycles. The van der Waals surface area contributed by atoms with Crippen molar-refractivity contribution >= 4 is 38.0 Å². The predicted octanol–water partition coefficient (Wildman–Crippen LogP) is 2.83. The molecule has 6 nitrogen and oxygen atoms in total. The maximum atomic E-state index is 12.2. The first-order chi connectivity index (χ1) is 12.5. The quantitative estimate of drug-likeness (QED) is 0.751. The van der Waals surface area contributed by atoms with Crippen LogP contribution < -0.4 is 5.32 Å². The summed E-state index contributed by atoms with van der Waals surface area (Å²) in [4.78, 5) is 20.8. The van der Waals surface area contributed by atoms with Crippen molar-refractivity contribution in [1.82, 2.24) is 9.97 Å². The minimum Gasteiger partial charge on any atom is -0.340 e. The monoisotopic (exact) mass is 365 g/mol. The van der Waals surface area contributed by atoms with Crippen LogP contribution in [0.5, 0.6) is 0 Å². The summed E-state index contributed by atoms with van der Waals surface area (Å²) < 4.78 is 24.5. The second kappa shape index (κ2) is 5.35. The van der Waals surface area contributed by atoms with E-state index in [-0.39, 0.29) is 11.5 Å². The fourth-order valence-corrected chi connectivity index (χ4v) is 5.40. The van der Waals surface area contributed by atoms with Gasteiger partial charge in [0.15, 0.2) is 15.6 Å². The van der Waals surface area contributed by atoms with Gasteiger partial charge in [0.1, 0.15) is 12.1 Å². The number of aryl methyl sites for hydroxylation is 2. The fourth-order valence-electron chi connectivity index (χ4n) is 3.85. The number of hydrogen-bond acceptors (Lipinski definition) is 6. The number of rotatable bonds is 2. The molecule has 0 amide bonds. The Bertz CT molecular complexity index is 1200. The molecule has 130 valence electrons. The van der Waals surface area contributed by atoms with Gasteiger partial charge in [-0.25, -0.2) is 18.4 Å². The molecule has 1 N–H and O–H groups in total. The minimum absolute atomic E-state index is 0.122. The van der Waals surface area contributed by atoms with E-state index in [9.17, 15) is 13.2 Å². The van der Waals surface area contributed by atoms with Gasteiger partial charge in [-0.3, -0.25) is 4.79 Å². The van der Waals surface area contributed by atoms with Gasteiger partial charge in [0.25, 0.3) is 0 Å². The van der Waals surface area contributed by atoms with Crippen LogP contribution in [0.2, 0.25) is 0 Å². The molecule has 0 atom stereocenters. The van der Waals surface area contributed by atoms with E-state index in [0.29, 0.717) is 23.6 Å². The highest BCUT2D eigenvalue weighted by Crippen LogP contribution is 2.36. The van der Waals surface area contributed by atoms with E-state index in [1.54, 1.807) is 12.1 Å². The van der Waals surface area contributed by atoms with Crippen LogP contribution in [0.4, 0.5) is 11.5 Å². The highest BCUT2D eigenvalue weighted by atomic mass is 32.2. The van der Waals surface area contributed by atoms with E-state index in [1.807, 2.05) is 18.2 Å². The van der Waals surface area contributed by atoms with Gasteiger partial charge in [-0.15, -0.1) is 0 Å². The topological polar surface area (TPSA) is 89.0 Å². The number of fused-ring (bicyclic) bond motifs is 4. The zero-order valence-corrected chi connectivity index (χ0v) is 14.6. The van der Waals surface area contributed by atoms with Crippen LogP contribution in [-0.4, -0.2) is 29.9 Å². The lowest BCUT2D eigenvalue weighted by Gasteiger charge is -2.12. The Kier molecular flexibility index (Phi) is 3.18. The van der Waals surface area contributed by atoms with Gasteiger partial charge >= 0.3 is 0 Å². The van der Waals surface area contributed by atoms with Crippen LogP contribution in [0.15, 0.2) is 41.6 Å². The number of benzene rings is 2. The van der Waals surface area contributed by atoms with Crippen molar-refractivity contribution in [2.45, 2.75) is 24.2 Å². The van der Waals surface area contributed by atoms with Crippen LogP contribution >= 0.6 is 0 Å². The molecule has 1 aliphatic carbocycles. The first kappa shape index (κ1) is 15.5. The van der Waals surface area contributed by atoms with Gasteiger partial charge in [-0.2, -0.15) is 0 Å². The molecule has 5 rings (SSSR count). The SMILES string of the molecule is O=C1CCc2cc(Nc3ncnc4ccc5c(c34)CCS5(=O)=O)ccc21. The Labute approximate surface area is 150 Å². The van der Waals surface area contributed by atoms with E-state index in [4.69, 9.17) is 0 Å². The molecule has 2 aromatic carbocycles. The Hall–Kier alpha value is -2.80. The lowest BCUT2D eigenvalue weighted by molar-refractivity contribution is 0.0994. The molecule has 0 unspecified atom stereocenters.